The summed E-state index contributed by atoms with van der Waals surface area (Å²) in [7, 11) is 0. The van der Waals surface area contributed by atoms with E-state index in [0.29, 0.717) is 11.3 Å². The SMILES string of the molecule is O=C(COC(=O)c1ccc2ncsc2c1)Nc1ccccc1. The van der Waals surface area contributed by atoms with Gasteiger partial charge in [-0.05, 0) is 30.3 Å². The van der Waals surface area contributed by atoms with E-state index in [9.17, 15) is 9.59 Å². The van der Waals surface area contributed by atoms with E-state index in [1.165, 1.54) is 11.3 Å². The number of fused-ring (bicyclic) bond motifs is 1. The summed E-state index contributed by atoms with van der Waals surface area (Å²) in [5, 5.41) is 2.65. The van der Waals surface area contributed by atoms with Crippen LogP contribution >= 0.6 is 11.3 Å². The molecule has 0 saturated heterocycles. The monoisotopic (exact) mass is 312 g/mol. The number of hydrogen-bond donors (Lipinski definition) is 1. The lowest BCUT2D eigenvalue weighted by Crippen LogP contribution is -2.20. The third kappa shape index (κ3) is 3.29. The van der Waals surface area contributed by atoms with Crippen LogP contribution in [0.25, 0.3) is 10.2 Å². The molecule has 0 saturated carbocycles. The van der Waals surface area contributed by atoms with Gasteiger partial charge in [0.15, 0.2) is 6.61 Å². The van der Waals surface area contributed by atoms with Crippen LogP contribution < -0.4 is 5.32 Å². The van der Waals surface area contributed by atoms with Crippen LogP contribution in [0.2, 0.25) is 0 Å². The van der Waals surface area contributed by atoms with Gasteiger partial charge in [0, 0.05) is 5.69 Å². The fraction of sp³-hybridized carbons (Fsp3) is 0.0625. The fourth-order valence-electron chi connectivity index (χ4n) is 1.92. The van der Waals surface area contributed by atoms with Crippen molar-refractivity contribution in [3.05, 3.63) is 59.6 Å². The molecule has 5 nitrogen and oxygen atoms in total. The maximum Gasteiger partial charge on any atom is 0.338 e. The summed E-state index contributed by atoms with van der Waals surface area (Å²) in [6.45, 7) is -0.325. The Hall–Kier alpha value is -2.73. The molecular formula is C16H12N2O3S. The molecule has 22 heavy (non-hydrogen) atoms. The average molecular weight is 312 g/mol. The Balaban J connectivity index is 1.58. The molecular weight excluding hydrogens is 300 g/mol. The van der Waals surface area contributed by atoms with E-state index >= 15 is 0 Å². The number of aromatic nitrogens is 1. The molecule has 1 N–H and O–H groups in total. The number of nitrogens with one attached hydrogen (secondary N) is 1. The Morgan fingerprint density at radius 2 is 1.95 bits per heavy atom. The summed E-state index contributed by atoms with van der Waals surface area (Å²) in [4.78, 5) is 27.8. The molecule has 0 aliphatic carbocycles. The summed E-state index contributed by atoms with van der Waals surface area (Å²) in [5.41, 5.74) is 3.62. The summed E-state index contributed by atoms with van der Waals surface area (Å²) in [6, 6.07) is 14.1. The van der Waals surface area contributed by atoms with Crippen molar-refractivity contribution >= 4 is 39.1 Å². The number of para-hydroxylation sites is 1. The smallest absolute Gasteiger partial charge is 0.338 e. The van der Waals surface area contributed by atoms with Gasteiger partial charge in [-0.15, -0.1) is 11.3 Å². The number of anilines is 1. The molecule has 0 aliphatic heterocycles. The first-order valence-corrected chi connectivity index (χ1v) is 7.45. The number of hydrogen-bond acceptors (Lipinski definition) is 5. The molecule has 0 bridgehead atoms. The van der Waals surface area contributed by atoms with Gasteiger partial charge < -0.3 is 10.1 Å². The van der Waals surface area contributed by atoms with Gasteiger partial charge >= 0.3 is 5.97 Å². The van der Waals surface area contributed by atoms with Crippen molar-refractivity contribution in [2.24, 2.45) is 0 Å². The number of thiazole rings is 1. The summed E-state index contributed by atoms with van der Waals surface area (Å²) >= 11 is 1.45. The van der Waals surface area contributed by atoms with Crippen LogP contribution in [0.4, 0.5) is 5.69 Å². The molecule has 110 valence electrons. The van der Waals surface area contributed by atoms with E-state index < -0.39 is 5.97 Å². The maximum absolute atomic E-state index is 11.9. The zero-order chi connectivity index (χ0) is 15.4. The van der Waals surface area contributed by atoms with Crippen molar-refractivity contribution in [2.45, 2.75) is 0 Å². The highest BCUT2D eigenvalue weighted by molar-refractivity contribution is 7.16. The van der Waals surface area contributed by atoms with E-state index in [0.717, 1.165) is 10.2 Å². The zero-order valence-electron chi connectivity index (χ0n) is 11.5. The molecule has 6 heteroatoms. The molecule has 3 aromatic rings. The molecule has 2 aromatic carbocycles. The number of carbonyl (C=O) groups excluding carboxylic acids is 2. The molecule has 1 aromatic heterocycles. The number of nitrogens with zero attached hydrogens (tertiary/aromatic N) is 1. The molecule has 0 fully saturated rings. The lowest BCUT2D eigenvalue weighted by Gasteiger charge is -2.06. The van der Waals surface area contributed by atoms with Crippen LogP contribution in [0, 0.1) is 0 Å². The predicted molar refractivity (Wildman–Crippen MR) is 85.0 cm³/mol. The topological polar surface area (TPSA) is 68.3 Å². The van der Waals surface area contributed by atoms with Gasteiger partial charge in [0.1, 0.15) is 0 Å². The van der Waals surface area contributed by atoms with E-state index in [1.807, 2.05) is 18.2 Å². The lowest BCUT2D eigenvalue weighted by molar-refractivity contribution is -0.119. The normalized spacial score (nSPS) is 10.4. The van der Waals surface area contributed by atoms with Gasteiger partial charge in [-0.25, -0.2) is 9.78 Å². The molecule has 1 amide bonds. The van der Waals surface area contributed by atoms with Crippen LogP contribution in [0.5, 0.6) is 0 Å². The second-order valence-corrected chi connectivity index (χ2v) is 5.41. The molecule has 0 unspecified atom stereocenters. The van der Waals surface area contributed by atoms with Crippen LogP contribution in [0.1, 0.15) is 10.4 Å². The highest BCUT2D eigenvalue weighted by Crippen LogP contribution is 2.19. The zero-order valence-corrected chi connectivity index (χ0v) is 12.3. The number of ether oxygens (including phenoxy) is 1. The number of rotatable bonds is 4. The van der Waals surface area contributed by atoms with Crippen molar-refractivity contribution in [3.63, 3.8) is 0 Å². The average Bonchev–Trinajstić information content (AvgIpc) is 3.01. The molecule has 3 rings (SSSR count). The number of carbonyl (C=O) groups is 2. The predicted octanol–water partition coefficient (Wildman–Crippen LogP) is 3.09. The Bertz CT molecular complexity index is 814. The molecule has 0 aliphatic rings. The first-order valence-electron chi connectivity index (χ1n) is 6.57. The first-order chi connectivity index (χ1) is 10.7. The van der Waals surface area contributed by atoms with Gasteiger partial charge in [-0.1, -0.05) is 18.2 Å². The highest BCUT2D eigenvalue weighted by atomic mass is 32.1. The molecule has 0 atom stereocenters. The third-order valence-electron chi connectivity index (χ3n) is 2.96. The fourth-order valence-corrected chi connectivity index (χ4v) is 2.63. The van der Waals surface area contributed by atoms with Crippen LogP contribution in [-0.2, 0) is 9.53 Å². The molecule has 0 radical (unpaired) electrons. The van der Waals surface area contributed by atoms with Gasteiger partial charge in [0.2, 0.25) is 0 Å². The maximum atomic E-state index is 11.9. The van der Waals surface area contributed by atoms with Crippen molar-refractivity contribution in [3.8, 4) is 0 Å². The van der Waals surface area contributed by atoms with Gasteiger partial charge in [-0.2, -0.15) is 0 Å². The first kappa shape index (κ1) is 14.2. The van der Waals surface area contributed by atoms with Gasteiger partial charge in [0.25, 0.3) is 5.91 Å². The van der Waals surface area contributed by atoms with Crippen LogP contribution in [0.3, 0.4) is 0 Å². The second kappa shape index (κ2) is 6.36. The summed E-state index contributed by atoms with van der Waals surface area (Å²) in [5.74, 6) is -0.906. The van der Waals surface area contributed by atoms with Crippen molar-refractivity contribution in [1.82, 2.24) is 4.98 Å². The van der Waals surface area contributed by atoms with E-state index in [-0.39, 0.29) is 12.5 Å². The molecule has 0 spiro atoms. The highest BCUT2D eigenvalue weighted by Gasteiger charge is 2.11. The standard InChI is InChI=1S/C16H12N2O3S/c19-15(18-12-4-2-1-3-5-12)9-21-16(20)11-6-7-13-14(8-11)22-10-17-13/h1-8,10H,9H2,(H,18,19). The van der Waals surface area contributed by atoms with E-state index in [4.69, 9.17) is 4.74 Å². The van der Waals surface area contributed by atoms with Gasteiger partial charge in [0.05, 0.1) is 21.3 Å². The quantitative estimate of drug-likeness (QED) is 0.752. The van der Waals surface area contributed by atoms with Crippen molar-refractivity contribution in [2.75, 3.05) is 11.9 Å². The van der Waals surface area contributed by atoms with E-state index in [1.54, 1.807) is 35.8 Å². The Kier molecular flexibility index (Phi) is 4.11. The lowest BCUT2D eigenvalue weighted by atomic mass is 10.2. The minimum atomic E-state index is -0.529. The summed E-state index contributed by atoms with van der Waals surface area (Å²) < 4.78 is 5.93. The Morgan fingerprint density at radius 3 is 2.77 bits per heavy atom. The number of amides is 1. The van der Waals surface area contributed by atoms with Crippen LogP contribution in [0.15, 0.2) is 54.0 Å². The minimum absolute atomic E-state index is 0.325. The summed E-state index contributed by atoms with van der Waals surface area (Å²) in [6.07, 6.45) is 0. The molecule has 1 heterocycles. The minimum Gasteiger partial charge on any atom is -0.452 e. The third-order valence-corrected chi connectivity index (χ3v) is 3.75. The Labute approximate surface area is 130 Å². The van der Waals surface area contributed by atoms with Crippen LogP contribution in [-0.4, -0.2) is 23.5 Å². The second-order valence-electron chi connectivity index (χ2n) is 4.53. The number of benzene rings is 2. The Morgan fingerprint density at radius 1 is 1.14 bits per heavy atom. The van der Waals surface area contributed by atoms with Crippen molar-refractivity contribution < 1.29 is 14.3 Å². The number of esters is 1. The largest absolute Gasteiger partial charge is 0.452 e. The van der Waals surface area contributed by atoms with Crippen molar-refractivity contribution in [1.29, 1.82) is 0 Å². The van der Waals surface area contributed by atoms with E-state index in [2.05, 4.69) is 10.3 Å². The van der Waals surface area contributed by atoms with Gasteiger partial charge in [-0.3, -0.25) is 4.79 Å².